The van der Waals surface area contributed by atoms with Crippen LogP contribution in [0.3, 0.4) is 0 Å². The third-order valence-corrected chi connectivity index (χ3v) is 3.85. The van der Waals surface area contributed by atoms with E-state index in [1.165, 1.54) is 25.0 Å². The second-order valence-corrected chi connectivity index (χ2v) is 5.48. The second kappa shape index (κ2) is 5.99. The van der Waals surface area contributed by atoms with Gasteiger partial charge in [-0.1, -0.05) is 12.1 Å². The molecule has 1 unspecified atom stereocenters. The van der Waals surface area contributed by atoms with Crippen LogP contribution < -0.4 is 5.32 Å². The van der Waals surface area contributed by atoms with Crippen LogP contribution >= 0.6 is 0 Å². The zero-order valence-corrected chi connectivity index (χ0v) is 11.1. The van der Waals surface area contributed by atoms with E-state index >= 15 is 0 Å². The molecule has 3 nitrogen and oxygen atoms in total. The lowest BCUT2D eigenvalue weighted by Crippen LogP contribution is -2.47. The molecule has 1 aliphatic heterocycles. The highest BCUT2D eigenvalue weighted by atomic mass is 19.1. The molecule has 1 aromatic carbocycles. The van der Waals surface area contributed by atoms with Crippen molar-refractivity contribution in [3.63, 3.8) is 0 Å². The fourth-order valence-corrected chi connectivity index (χ4v) is 2.62. The third-order valence-electron chi connectivity index (χ3n) is 3.85. The normalized spacial score (nSPS) is 24.6. The van der Waals surface area contributed by atoms with Gasteiger partial charge in [0.1, 0.15) is 5.82 Å². The minimum absolute atomic E-state index is 0.181. The molecule has 3 rings (SSSR count). The summed E-state index contributed by atoms with van der Waals surface area (Å²) < 4.78 is 18.6. The molecule has 0 amide bonds. The Balaban J connectivity index is 1.40. The topological polar surface area (TPSA) is 24.5 Å². The van der Waals surface area contributed by atoms with Crippen LogP contribution in [0, 0.1) is 5.82 Å². The first-order chi connectivity index (χ1) is 9.31. The molecule has 0 radical (unpaired) electrons. The number of nitrogens with zero attached hydrogens (tertiary/aromatic N) is 1. The van der Waals surface area contributed by atoms with Crippen LogP contribution in [-0.2, 0) is 11.3 Å². The molecule has 4 heteroatoms. The first-order valence-corrected chi connectivity index (χ1v) is 7.12. The highest BCUT2D eigenvalue weighted by Crippen LogP contribution is 2.28. The molecular formula is C15H21FN2O. The van der Waals surface area contributed by atoms with Crippen molar-refractivity contribution in [3.8, 4) is 0 Å². The summed E-state index contributed by atoms with van der Waals surface area (Å²) in [6, 6.07) is 7.47. The Morgan fingerprint density at radius 1 is 1.26 bits per heavy atom. The van der Waals surface area contributed by atoms with E-state index in [-0.39, 0.29) is 11.9 Å². The van der Waals surface area contributed by atoms with Gasteiger partial charge in [0, 0.05) is 32.2 Å². The van der Waals surface area contributed by atoms with E-state index < -0.39 is 0 Å². The predicted molar refractivity (Wildman–Crippen MR) is 72.4 cm³/mol. The van der Waals surface area contributed by atoms with Crippen LogP contribution in [0.15, 0.2) is 24.3 Å². The molecule has 104 valence electrons. The van der Waals surface area contributed by atoms with Crippen LogP contribution in [0.2, 0.25) is 0 Å². The fourth-order valence-electron chi connectivity index (χ4n) is 2.62. The molecule has 1 heterocycles. The zero-order valence-electron chi connectivity index (χ0n) is 11.1. The van der Waals surface area contributed by atoms with Crippen molar-refractivity contribution in [2.45, 2.75) is 31.5 Å². The van der Waals surface area contributed by atoms with Gasteiger partial charge in [-0.2, -0.15) is 0 Å². The Labute approximate surface area is 113 Å². The van der Waals surface area contributed by atoms with Crippen molar-refractivity contribution in [2.24, 2.45) is 0 Å². The molecule has 0 spiro atoms. The first-order valence-electron chi connectivity index (χ1n) is 7.12. The van der Waals surface area contributed by atoms with Crippen molar-refractivity contribution in [3.05, 3.63) is 35.6 Å². The SMILES string of the molecule is Fc1ccc(CNCC2CN(C3CC3)CCO2)cc1. The fraction of sp³-hybridized carbons (Fsp3) is 0.600. The Hall–Kier alpha value is -0.970. The van der Waals surface area contributed by atoms with Crippen LogP contribution in [0.4, 0.5) is 4.39 Å². The van der Waals surface area contributed by atoms with E-state index in [4.69, 9.17) is 4.74 Å². The Kier molecular flexibility index (Phi) is 4.11. The molecule has 0 bridgehead atoms. The number of rotatable bonds is 5. The summed E-state index contributed by atoms with van der Waals surface area (Å²) in [5, 5.41) is 3.40. The van der Waals surface area contributed by atoms with Gasteiger partial charge >= 0.3 is 0 Å². The van der Waals surface area contributed by atoms with Crippen molar-refractivity contribution < 1.29 is 9.13 Å². The highest BCUT2D eigenvalue weighted by Gasteiger charge is 2.32. The minimum atomic E-state index is -0.181. The predicted octanol–water partition coefficient (Wildman–Crippen LogP) is 1.78. The lowest BCUT2D eigenvalue weighted by molar-refractivity contribution is -0.0301. The van der Waals surface area contributed by atoms with Gasteiger partial charge in [0.05, 0.1) is 12.7 Å². The number of halogens is 1. The number of hydrogen-bond donors (Lipinski definition) is 1. The van der Waals surface area contributed by atoms with Gasteiger partial charge < -0.3 is 10.1 Å². The molecular weight excluding hydrogens is 243 g/mol. The molecule has 1 aliphatic carbocycles. The molecule has 2 fully saturated rings. The van der Waals surface area contributed by atoms with Crippen molar-refractivity contribution >= 4 is 0 Å². The average molecular weight is 264 g/mol. The van der Waals surface area contributed by atoms with E-state index in [0.29, 0.717) is 0 Å². The number of benzene rings is 1. The molecule has 1 atom stereocenters. The van der Waals surface area contributed by atoms with Gasteiger partial charge in [0.2, 0.25) is 0 Å². The summed E-state index contributed by atoms with van der Waals surface area (Å²) in [5.74, 6) is -0.181. The van der Waals surface area contributed by atoms with Crippen LogP contribution in [0.25, 0.3) is 0 Å². The molecule has 1 N–H and O–H groups in total. The molecule has 0 aromatic heterocycles. The summed E-state index contributed by atoms with van der Waals surface area (Å²) in [6.07, 6.45) is 3.00. The quantitative estimate of drug-likeness (QED) is 0.877. The summed E-state index contributed by atoms with van der Waals surface area (Å²) in [7, 11) is 0. The second-order valence-electron chi connectivity index (χ2n) is 5.48. The van der Waals surface area contributed by atoms with E-state index in [1.54, 1.807) is 0 Å². The van der Waals surface area contributed by atoms with Crippen molar-refractivity contribution in [1.29, 1.82) is 0 Å². The van der Waals surface area contributed by atoms with Gasteiger partial charge in [-0.25, -0.2) is 4.39 Å². The van der Waals surface area contributed by atoms with E-state index in [2.05, 4.69) is 10.2 Å². The lowest BCUT2D eigenvalue weighted by atomic mass is 10.2. The highest BCUT2D eigenvalue weighted by molar-refractivity contribution is 5.15. The lowest BCUT2D eigenvalue weighted by Gasteiger charge is -2.33. The number of nitrogens with one attached hydrogen (secondary N) is 1. The van der Waals surface area contributed by atoms with Gasteiger partial charge in [-0.05, 0) is 30.5 Å². The number of ether oxygens (including phenoxy) is 1. The monoisotopic (exact) mass is 264 g/mol. The van der Waals surface area contributed by atoms with Gasteiger partial charge in [-0.3, -0.25) is 4.90 Å². The van der Waals surface area contributed by atoms with E-state index in [9.17, 15) is 4.39 Å². The third kappa shape index (κ3) is 3.75. The van der Waals surface area contributed by atoms with Crippen LogP contribution in [-0.4, -0.2) is 43.3 Å². The Bertz CT molecular complexity index is 405. The maximum atomic E-state index is 12.8. The zero-order chi connectivity index (χ0) is 13.1. The van der Waals surface area contributed by atoms with Gasteiger partial charge in [0.15, 0.2) is 0 Å². The molecule has 19 heavy (non-hydrogen) atoms. The van der Waals surface area contributed by atoms with Crippen LogP contribution in [0.5, 0.6) is 0 Å². The molecule has 2 aliphatic rings. The maximum Gasteiger partial charge on any atom is 0.123 e. The average Bonchev–Trinajstić information content (AvgIpc) is 3.26. The standard InChI is InChI=1S/C15H21FN2O/c16-13-3-1-12(2-4-13)9-17-10-15-11-18(7-8-19-15)14-5-6-14/h1-4,14-15,17H,5-11H2. The minimum Gasteiger partial charge on any atom is -0.374 e. The van der Waals surface area contributed by atoms with Crippen molar-refractivity contribution in [1.82, 2.24) is 10.2 Å². The van der Waals surface area contributed by atoms with Crippen LogP contribution in [0.1, 0.15) is 18.4 Å². The summed E-state index contributed by atoms with van der Waals surface area (Å²) >= 11 is 0. The molecule has 1 aromatic rings. The summed E-state index contributed by atoms with van der Waals surface area (Å²) in [4.78, 5) is 2.55. The number of hydrogen-bond acceptors (Lipinski definition) is 3. The Morgan fingerprint density at radius 3 is 2.79 bits per heavy atom. The summed E-state index contributed by atoms with van der Waals surface area (Å²) in [5.41, 5.74) is 1.11. The van der Waals surface area contributed by atoms with Crippen molar-refractivity contribution in [2.75, 3.05) is 26.2 Å². The van der Waals surface area contributed by atoms with Gasteiger partial charge in [0.25, 0.3) is 0 Å². The first kappa shape index (κ1) is 13.0. The number of morpholine rings is 1. The Morgan fingerprint density at radius 2 is 2.05 bits per heavy atom. The van der Waals surface area contributed by atoms with Gasteiger partial charge in [-0.15, -0.1) is 0 Å². The maximum absolute atomic E-state index is 12.8. The summed E-state index contributed by atoms with van der Waals surface area (Å²) in [6.45, 7) is 4.60. The smallest absolute Gasteiger partial charge is 0.123 e. The van der Waals surface area contributed by atoms with E-state index in [0.717, 1.165) is 44.4 Å². The molecule has 1 saturated carbocycles. The largest absolute Gasteiger partial charge is 0.374 e. The molecule has 1 saturated heterocycles. The van der Waals surface area contributed by atoms with E-state index in [1.807, 2.05) is 12.1 Å².